The molecule has 1 fully saturated rings. The summed E-state index contributed by atoms with van der Waals surface area (Å²) in [6.07, 6.45) is 1.53. The zero-order chi connectivity index (χ0) is 25.9. The molecule has 1 aliphatic heterocycles. The first kappa shape index (κ1) is 24.4. The zero-order valence-electron chi connectivity index (χ0n) is 20.0. The van der Waals surface area contributed by atoms with Crippen LogP contribution in [-0.4, -0.2) is 36.1 Å². The fourth-order valence-corrected chi connectivity index (χ4v) is 5.17. The summed E-state index contributed by atoms with van der Waals surface area (Å²) in [5, 5.41) is 2.28. The number of carbonyl (C=O) groups is 2. The fourth-order valence-electron chi connectivity index (χ4n) is 3.92. The molecule has 0 unspecified atom stereocenters. The standard InChI is InChI=1S/C28H21N3O4S2/c1-34-23-14-13-18(16-24(23)35-2)15-21-25(32)30(20-11-7-4-8-12-20)28(36)31(26(21)33)27-29-22(17-37-27)19-9-5-3-6-10-19/h3-17H,1-2H3/b21-15+. The highest BCUT2D eigenvalue weighted by molar-refractivity contribution is 7.81. The van der Waals surface area contributed by atoms with Gasteiger partial charge in [-0.25, -0.2) is 9.88 Å². The quantitative estimate of drug-likeness (QED) is 0.185. The number of amides is 2. The van der Waals surface area contributed by atoms with Crippen molar-refractivity contribution in [1.82, 2.24) is 4.98 Å². The second-order valence-corrected chi connectivity index (χ2v) is 9.15. The van der Waals surface area contributed by atoms with E-state index in [4.69, 9.17) is 21.7 Å². The van der Waals surface area contributed by atoms with Gasteiger partial charge in [-0.05, 0) is 48.1 Å². The normalized spacial score (nSPS) is 14.9. The molecule has 7 nitrogen and oxygen atoms in total. The number of benzene rings is 3. The number of hydrogen-bond acceptors (Lipinski definition) is 7. The third-order valence-corrected chi connectivity index (χ3v) is 6.93. The van der Waals surface area contributed by atoms with Crippen molar-refractivity contribution in [2.45, 2.75) is 0 Å². The van der Waals surface area contributed by atoms with Crippen LogP contribution in [0.1, 0.15) is 5.56 Å². The molecular formula is C28H21N3O4S2. The van der Waals surface area contributed by atoms with Crippen molar-refractivity contribution in [2.24, 2.45) is 0 Å². The second-order valence-electron chi connectivity index (χ2n) is 7.95. The summed E-state index contributed by atoms with van der Waals surface area (Å²) in [5.41, 5.74) is 2.72. The summed E-state index contributed by atoms with van der Waals surface area (Å²) in [4.78, 5) is 34.8. The van der Waals surface area contributed by atoms with E-state index in [2.05, 4.69) is 4.98 Å². The van der Waals surface area contributed by atoms with Gasteiger partial charge in [0.15, 0.2) is 21.7 Å². The second kappa shape index (κ2) is 10.3. The lowest BCUT2D eigenvalue weighted by atomic mass is 10.1. The fraction of sp³-hybridized carbons (Fsp3) is 0.0714. The Hall–Kier alpha value is -4.34. The molecule has 0 aliphatic carbocycles. The summed E-state index contributed by atoms with van der Waals surface area (Å²) in [7, 11) is 3.06. The highest BCUT2D eigenvalue weighted by Crippen LogP contribution is 2.34. The van der Waals surface area contributed by atoms with Crippen molar-refractivity contribution in [2.75, 3.05) is 24.0 Å². The molecule has 37 heavy (non-hydrogen) atoms. The number of methoxy groups -OCH3 is 2. The molecule has 0 N–H and O–H groups in total. The van der Waals surface area contributed by atoms with Crippen LogP contribution in [0.25, 0.3) is 17.3 Å². The number of thiocarbonyl (C=S) groups is 1. The first-order valence-electron chi connectivity index (χ1n) is 11.2. The topological polar surface area (TPSA) is 72.0 Å². The molecule has 0 radical (unpaired) electrons. The Morgan fingerprint density at radius 3 is 2.16 bits per heavy atom. The molecule has 3 aromatic carbocycles. The van der Waals surface area contributed by atoms with Crippen molar-refractivity contribution in [3.05, 3.63) is 95.4 Å². The molecule has 2 amide bonds. The molecule has 9 heteroatoms. The number of carbonyl (C=O) groups excluding carboxylic acids is 2. The SMILES string of the molecule is COc1ccc(/C=C2\C(=O)N(c3ccccc3)C(=S)N(c3nc(-c4ccccc4)cs3)C2=O)cc1OC. The van der Waals surface area contributed by atoms with Gasteiger partial charge in [0.25, 0.3) is 11.8 Å². The van der Waals surface area contributed by atoms with Gasteiger partial charge in [0, 0.05) is 10.9 Å². The molecule has 184 valence electrons. The van der Waals surface area contributed by atoms with E-state index in [0.717, 1.165) is 5.56 Å². The summed E-state index contributed by atoms with van der Waals surface area (Å²) in [5.74, 6) is -0.0545. The summed E-state index contributed by atoms with van der Waals surface area (Å²) in [6.45, 7) is 0. The van der Waals surface area contributed by atoms with E-state index in [-0.39, 0.29) is 10.7 Å². The minimum absolute atomic E-state index is 0.0413. The van der Waals surface area contributed by atoms with Crippen molar-refractivity contribution >= 4 is 57.4 Å². The van der Waals surface area contributed by atoms with Gasteiger partial charge >= 0.3 is 0 Å². The van der Waals surface area contributed by atoms with Crippen LogP contribution in [0.3, 0.4) is 0 Å². The lowest BCUT2D eigenvalue weighted by Gasteiger charge is -2.35. The molecule has 4 aromatic rings. The smallest absolute Gasteiger partial charge is 0.272 e. The minimum atomic E-state index is -0.550. The van der Waals surface area contributed by atoms with E-state index in [0.29, 0.717) is 33.6 Å². The maximum atomic E-state index is 13.8. The largest absolute Gasteiger partial charge is 0.493 e. The maximum absolute atomic E-state index is 13.8. The van der Waals surface area contributed by atoms with Gasteiger partial charge in [0.05, 0.1) is 25.6 Å². The van der Waals surface area contributed by atoms with Crippen LogP contribution in [0.4, 0.5) is 10.8 Å². The zero-order valence-corrected chi connectivity index (χ0v) is 21.6. The van der Waals surface area contributed by atoms with E-state index in [1.165, 1.54) is 34.3 Å². The van der Waals surface area contributed by atoms with Crippen LogP contribution in [-0.2, 0) is 9.59 Å². The first-order chi connectivity index (χ1) is 18.0. The molecule has 0 saturated carbocycles. The van der Waals surface area contributed by atoms with Gasteiger partial charge in [-0.2, -0.15) is 0 Å². The molecular weight excluding hydrogens is 506 g/mol. The van der Waals surface area contributed by atoms with E-state index in [9.17, 15) is 9.59 Å². The molecule has 2 heterocycles. The summed E-state index contributed by atoms with van der Waals surface area (Å²) < 4.78 is 10.7. The Kier molecular flexibility index (Phi) is 6.80. The number of anilines is 2. The molecule has 1 saturated heterocycles. The van der Waals surface area contributed by atoms with Crippen molar-refractivity contribution < 1.29 is 19.1 Å². The summed E-state index contributed by atoms with van der Waals surface area (Å²) in [6, 6.07) is 23.8. The molecule has 1 aromatic heterocycles. The van der Waals surface area contributed by atoms with Crippen LogP contribution in [0, 0.1) is 0 Å². The number of thiazole rings is 1. The van der Waals surface area contributed by atoms with Gasteiger partial charge in [0.1, 0.15) is 5.57 Å². The van der Waals surface area contributed by atoms with E-state index in [1.807, 2.05) is 41.8 Å². The molecule has 0 spiro atoms. The highest BCUT2D eigenvalue weighted by Gasteiger charge is 2.42. The van der Waals surface area contributed by atoms with Crippen LogP contribution >= 0.6 is 23.6 Å². The molecule has 5 rings (SSSR count). The van der Waals surface area contributed by atoms with Crippen LogP contribution < -0.4 is 19.3 Å². The predicted molar refractivity (Wildman–Crippen MR) is 149 cm³/mol. The van der Waals surface area contributed by atoms with Gasteiger partial charge < -0.3 is 9.47 Å². The van der Waals surface area contributed by atoms with Crippen molar-refractivity contribution in [3.8, 4) is 22.8 Å². The van der Waals surface area contributed by atoms with E-state index < -0.39 is 11.8 Å². The Labute approximate surface area is 223 Å². The summed E-state index contributed by atoms with van der Waals surface area (Å²) >= 11 is 6.98. The third kappa shape index (κ3) is 4.62. The maximum Gasteiger partial charge on any atom is 0.272 e. The number of para-hydroxylation sites is 1. The molecule has 0 atom stereocenters. The minimum Gasteiger partial charge on any atom is -0.493 e. The Balaban J connectivity index is 1.61. The highest BCUT2D eigenvalue weighted by atomic mass is 32.1. The van der Waals surface area contributed by atoms with Gasteiger partial charge in [0.2, 0.25) is 0 Å². The number of ether oxygens (including phenoxy) is 2. The number of hydrogen-bond donors (Lipinski definition) is 0. The molecule has 0 bridgehead atoms. The van der Waals surface area contributed by atoms with Crippen molar-refractivity contribution in [3.63, 3.8) is 0 Å². The lowest BCUT2D eigenvalue weighted by Crippen LogP contribution is -2.56. The number of aromatic nitrogens is 1. The van der Waals surface area contributed by atoms with Gasteiger partial charge in [-0.3, -0.25) is 14.5 Å². The first-order valence-corrected chi connectivity index (χ1v) is 12.5. The monoisotopic (exact) mass is 527 g/mol. The number of rotatable bonds is 6. The van der Waals surface area contributed by atoms with E-state index in [1.54, 1.807) is 49.6 Å². The average molecular weight is 528 g/mol. The average Bonchev–Trinajstić information content (AvgIpc) is 3.42. The van der Waals surface area contributed by atoms with E-state index >= 15 is 0 Å². The van der Waals surface area contributed by atoms with Crippen LogP contribution in [0.15, 0.2) is 89.8 Å². The lowest BCUT2D eigenvalue weighted by molar-refractivity contribution is -0.120. The Bertz CT molecular complexity index is 1520. The number of nitrogens with zero attached hydrogens (tertiary/aromatic N) is 3. The van der Waals surface area contributed by atoms with Gasteiger partial charge in [-0.1, -0.05) is 54.6 Å². The van der Waals surface area contributed by atoms with Gasteiger partial charge in [-0.15, -0.1) is 11.3 Å². The Morgan fingerprint density at radius 1 is 0.838 bits per heavy atom. The predicted octanol–water partition coefficient (Wildman–Crippen LogP) is 5.58. The molecule has 1 aliphatic rings. The Morgan fingerprint density at radius 2 is 1.49 bits per heavy atom. The van der Waals surface area contributed by atoms with Crippen molar-refractivity contribution in [1.29, 1.82) is 0 Å². The van der Waals surface area contributed by atoms with Crippen LogP contribution in [0.2, 0.25) is 0 Å². The van der Waals surface area contributed by atoms with Crippen LogP contribution in [0.5, 0.6) is 11.5 Å². The third-order valence-electron chi connectivity index (χ3n) is 5.74.